The van der Waals surface area contributed by atoms with Gasteiger partial charge >= 0.3 is 0 Å². The van der Waals surface area contributed by atoms with Crippen molar-refractivity contribution in [2.75, 3.05) is 0 Å². The third kappa shape index (κ3) is 3.30. The summed E-state index contributed by atoms with van der Waals surface area (Å²) in [6.07, 6.45) is 6.38. The summed E-state index contributed by atoms with van der Waals surface area (Å²) in [6.45, 7) is 0. The van der Waals surface area contributed by atoms with Gasteiger partial charge in [0.2, 0.25) is 0 Å². The zero-order valence-electron chi connectivity index (χ0n) is 19.2. The van der Waals surface area contributed by atoms with Crippen LogP contribution in [0.25, 0.3) is 50.0 Å². The average molecular weight is 450 g/mol. The number of pyridine rings is 1. The van der Waals surface area contributed by atoms with E-state index in [-0.39, 0.29) is 0 Å². The van der Waals surface area contributed by atoms with Gasteiger partial charge in [0.25, 0.3) is 0 Å². The van der Waals surface area contributed by atoms with E-state index in [1.807, 2.05) is 12.1 Å². The van der Waals surface area contributed by atoms with Crippen molar-refractivity contribution in [2.45, 2.75) is 12.8 Å². The van der Waals surface area contributed by atoms with Crippen molar-refractivity contribution in [3.8, 4) is 39.4 Å². The van der Waals surface area contributed by atoms with Crippen LogP contribution in [0.4, 0.5) is 0 Å². The molecule has 5 aromatic rings. The van der Waals surface area contributed by atoms with Crippen molar-refractivity contribution in [1.29, 1.82) is 0 Å². The molecule has 2 heterocycles. The summed E-state index contributed by atoms with van der Waals surface area (Å²) in [5.74, 6) is 1.92. The first-order valence-electron chi connectivity index (χ1n) is 12.1. The molecular weight excluding hydrogens is 426 g/mol. The van der Waals surface area contributed by atoms with Crippen LogP contribution in [0.2, 0.25) is 0 Å². The molecule has 0 fully saturated rings. The highest BCUT2D eigenvalue weighted by molar-refractivity contribution is 6.08. The van der Waals surface area contributed by atoms with Crippen molar-refractivity contribution in [3.63, 3.8) is 0 Å². The van der Waals surface area contributed by atoms with E-state index in [0.29, 0.717) is 0 Å². The zero-order chi connectivity index (χ0) is 23.2. The molecule has 2 aliphatic rings. The number of aromatic nitrogens is 1. The zero-order valence-corrected chi connectivity index (χ0v) is 19.2. The topological polar surface area (TPSA) is 22.1 Å². The summed E-state index contributed by atoms with van der Waals surface area (Å²) in [4.78, 5) is 5.19. The quantitative estimate of drug-likeness (QED) is 0.275. The fraction of sp³-hybridized carbons (Fsp3) is 0.0606. The Balaban J connectivity index is 1.48. The van der Waals surface area contributed by atoms with E-state index in [1.54, 1.807) is 0 Å². The summed E-state index contributed by atoms with van der Waals surface area (Å²) in [5, 5.41) is 2.40. The van der Waals surface area contributed by atoms with E-state index < -0.39 is 0 Å². The van der Waals surface area contributed by atoms with Crippen LogP contribution in [0.5, 0.6) is 5.75 Å². The van der Waals surface area contributed by atoms with Gasteiger partial charge in [-0.05, 0) is 59.7 Å². The Labute approximate surface area is 204 Å². The van der Waals surface area contributed by atoms with Gasteiger partial charge in [0.1, 0.15) is 11.5 Å². The minimum absolute atomic E-state index is 0.930. The minimum atomic E-state index is 0.930. The first-order valence-corrected chi connectivity index (χ1v) is 12.1. The molecule has 1 aromatic heterocycles. The van der Waals surface area contributed by atoms with Crippen molar-refractivity contribution in [3.05, 3.63) is 127 Å². The summed E-state index contributed by atoms with van der Waals surface area (Å²) in [6, 6.07) is 36.1. The number of fused-ring (bicyclic) bond motifs is 1. The molecule has 1 aliphatic heterocycles. The van der Waals surface area contributed by atoms with Crippen LogP contribution in [0.1, 0.15) is 18.4 Å². The van der Waals surface area contributed by atoms with E-state index in [0.717, 1.165) is 52.4 Å². The SMILES string of the molecule is C1=CC2=C(CC1)c1cccc3c(-c4ccc(-c5ccccc5)nc4-c4ccccc4)ccc(c13)O2. The van der Waals surface area contributed by atoms with Crippen LogP contribution in [-0.2, 0) is 0 Å². The fourth-order valence-corrected chi connectivity index (χ4v) is 5.33. The molecule has 2 nitrogen and oxygen atoms in total. The molecule has 0 spiro atoms. The first kappa shape index (κ1) is 20.0. The Morgan fingerprint density at radius 1 is 0.629 bits per heavy atom. The first-order chi connectivity index (χ1) is 17.4. The van der Waals surface area contributed by atoms with Crippen molar-refractivity contribution in [1.82, 2.24) is 4.98 Å². The fourth-order valence-electron chi connectivity index (χ4n) is 5.33. The standard InChI is InChI=1S/C33H23NO/c1-3-10-22(11-4-1)29-20-18-28(33(34-29)23-12-5-2-6-13-23)24-19-21-31-32-26(24)15-9-16-27(32)25-14-7-8-17-30(25)35-31/h1-6,8-13,15-21H,7,14H2. The second-order valence-electron chi connectivity index (χ2n) is 9.05. The van der Waals surface area contributed by atoms with E-state index in [1.165, 1.54) is 27.5 Å². The van der Waals surface area contributed by atoms with Crippen LogP contribution >= 0.6 is 0 Å². The molecule has 7 rings (SSSR count). The Kier molecular flexibility index (Phi) is 4.63. The maximum Gasteiger partial charge on any atom is 0.135 e. The molecule has 0 saturated carbocycles. The van der Waals surface area contributed by atoms with Crippen LogP contribution in [0.15, 0.2) is 121 Å². The summed E-state index contributed by atoms with van der Waals surface area (Å²) in [5.41, 5.74) is 9.10. The van der Waals surface area contributed by atoms with E-state index in [2.05, 4.69) is 103 Å². The summed E-state index contributed by atoms with van der Waals surface area (Å²) < 4.78 is 6.37. The predicted octanol–water partition coefficient (Wildman–Crippen LogP) is 8.69. The molecule has 0 unspecified atom stereocenters. The molecule has 4 aromatic carbocycles. The molecule has 0 amide bonds. The summed E-state index contributed by atoms with van der Waals surface area (Å²) in [7, 11) is 0. The molecular formula is C33H23NO. The molecule has 1 aliphatic carbocycles. The van der Waals surface area contributed by atoms with Gasteiger partial charge in [0.05, 0.1) is 11.4 Å². The van der Waals surface area contributed by atoms with Gasteiger partial charge in [-0.3, -0.25) is 0 Å². The lowest BCUT2D eigenvalue weighted by molar-refractivity contribution is 0.444. The second-order valence-corrected chi connectivity index (χ2v) is 9.05. The van der Waals surface area contributed by atoms with Gasteiger partial charge in [-0.25, -0.2) is 4.98 Å². The van der Waals surface area contributed by atoms with Gasteiger partial charge < -0.3 is 4.74 Å². The number of benzene rings is 4. The Morgan fingerprint density at radius 2 is 1.40 bits per heavy atom. The Morgan fingerprint density at radius 3 is 2.23 bits per heavy atom. The third-order valence-electron chi connectivity index (χ3n) is 6.98. The van der Waals surface area contributed by atoms with Crippen LogP contribution in [0.3, 0.4) is 0 Å². The Hall–Kier alpha value is -4.43. The minimum Gasteiger partial charge on any atom is -0.456 e. The largest absolute Gasteiger partial charge is 0.456 e. The highest BCUT2D eigenvalue weighted by Crippen LogP contribution is 2.46. The average Bonchev–Trinajstić information content (AvgIpc) is 2.94. The van der Waals surface area contributed by atoms with Crippen LogP contribution < -0.4 is 4.74 Å². The number of rotatable bonds is 3. The highest BCUT2D eigenvalue weighted by atomic mass is 16.5. The van der Waals surface area contributed by atoms with Crippen molar-refractivity contribution in [2.24, 2.45) is 0 Å². The number of allylic oxidation sites excluding steroid dienone is 3. The Bertz CT molecular complexity index is 1650. The lowest BCUT2D eigenvalue weighted by Gasteiger charge is -2.26. The maximum absolute atomic E-state index is 6.37. The predicted molar refractivity (Wildman–Crippen MR) is 144 cm³/mol. The molecule has 35 heavy (non-hydrogen) atoms. The number of hydrogen-bond donors (Lipinski definition) is 0. The lowest BCUT2D eigenvalue weighted by atomic mass is 9.86. The number of hydrogen-bond acceptors (Lipinski definition) is 2. The third-order valence-corrected chi connectivity index (χ3v) is 6.98. The van der Waals surface area contributed by atoms with E-state index in [4.69, 9.17) is 9.72 Å². The lowest BCUT2D eigenvalue weighted by Crippen LogP contribution is -2.07. The number of nitrogens with zero attached hydrogens (tertiary/aromatic N) is 1. The second kappa shape index (κ2) is 8.11. The van der Waals surface area contributed by atoms with E-state index >= 15 is 0 Å². The molecule has 0 atom stereocenters. The van der Waals surface area contributed by atoms with Crippen LogP contribution in [-0.4, -0.2) is 4.98 Å². The normalized spacial score (nSPS) is 14.1. The highest BCUT2D eigenvalue weighted by Gasteiger charge is 2.24. The van der Waals surface area contributed by atoms with Crippen molar-refractivity contribution >= 4 is 16.3 Å². The van der Waals surface area contributed by atoms with E-state index in [9.17, 15) is 0 Å². The maximum atomic E-state index is 6.37. The van der Waals surface area contributed by atoms with Gasteiger partial charge in [0.15, 0.2) is 0 Å². The molecule has 166 valence electrons. The van der Waals surface area contributed by atoms with Crippen LogP contribution in [0, 0.1) is 0 Å². The molecule has 0 saturated heterocycles. The van der Waals surface area contributed by atoms with Gasteiger partial charge in [-0.2, -0.15) is 0 Å². The van der Waals surface area contributed by atoms with Gasteiger partial charge in [-0.1, -0.05) is 84.9 Å². The van der Waals surface area contributed by atoms with Gasteiger partial charge in [0, 0.05) is 27.6 Å². The smallest absolute Gasteiger partial charge is 0.135 e. The summed E-state index contributed by atoms with van der Waals surface area (Å²) >= 11 is 0. The van der Waals surface area contributed by atoms with Crippen molar-refractivity contribution < 1.29 is 4.74 Å². The number of ether oxygens (including phenoxy) is 1. The molecule has 2 heteroatoms. The molecule has 0 bridgehead atoms. The molecule has 0 N–H and O–H groups in total. The van der Waals surface area contributed by atoms with Gasteiger partial charge in [-0.15, -0.1) is 0 Å². The molecule has 0 radical (unpaired) electrons. The monoisotopic (exact) mass is 449 g/mol.